The Balaban J connectivity index is 1.51. The normalized spacial score (nSPS) is 21.8. The highest BCUT2D eigenvalue weighted by molar-refractivity contribution is 9.10. The molecule has 0 bridgehead atoms. The van der Waals surface area contributed by atoms with Gasteiger partial charge in [-0.2, -0.15) is 18.4 Å². The first-order chi connectivity index (χ1) is 16.1. The van der Waals surface area contributed by atoms with Gasteiger partial charge in [-0.15, -0.1) is 10.2 Å². The van der Waals surface area contributed by atoms with E-state index in [0.717, 1.165) is 17.5 Å². The van der Waals surface area contributed by atoms with Crippen LogP contribution >= 0.6 is 15.9 Å². The average Bonchev–Trinajstić information content (AvgIpc) is 3.32. The number of rotatable bonds is 4. The van der Waals surface area contributed by atoms with Crippen molar-refractivity contribution in [3.63, 3.8) is 0 Å². The number of nitrogens with zero attached hydrogens (tertiary/aromatic N) is 5. The Kier molecular flexibility index (Phi) is 5.28. The molecule has 0 atom stereocenters. The molecule has 0 N–H and O–H groups in total. The van der Waals surface area contributed by atoms with Crippen LogP contribution in [0.15, 0.2) is 47.2 Å². The Bertz CT molecular complexity index is 1340. The third-order valence-corrected chi connectivity index (χ3v) is 7.30. The zero-order valence-corrected chi connectivity index (χ0v) is 19.7. The van der Waals surface area contributed by atoms with Gasteiger partial charge in [0.05, 0.1) is 18.2 Å². The van der Waals surface area contributed by atoms with Crippen LogP contribution in [0, 0.1) is 17.2 Å². The van der Waals surface area contributed by atoms with Crippen molar-refractivity contribution >= 4 is 27.5 Å². The summed E-state index contributed by atoms with van der Waals surface area (Å²) in [6.07, 6.45) is -1.09. The largest absolute Gasteiger partial charge is 0.416 e. The van der Waals surface area contributed by atoms with E-state index < -0.39 is 17.6 Å². The Morgan fingerprint density at radius 1 is 1.26 bits per heavy atom. The maximum atomic E-state index is 13.6. The van der Waals surface area contributed by atoms with Crippen molar-refractivity contribution in [2.75, 3.05) is 4.90 Å². The molecule has 10 heteroatoms. The topological polar surface area (TPSA) is 74.8 Å². The number of aryl methyl sites for hydroxylation is 1. The van der Waals surface area contributed by atoms with Crippen molar-refractivity contribution in [1.29, 1.82) is 5.26 Å². The first kappa shape index (κ1) is 22.6. The second kappa shape index (κ2) is 7.94. The van der Waals surface area contributed by atoms with Crippen LogP contribution in [-0.2, 0) is 31.6 Å². The summed E-state index contributed by atoms with van der Waals surface area (Å²) in [6.45, 7) is -0.156. The molecule has 2 heterocycles. The molecule has 0 spiro atoms. The predicted molar refractivity (Wildman–Crippen MR) is 121 cm³/mol. The number of carbonyl (C=O) groups is 1. The lowest BCUT2D eigenvalue weighted by Crippen LogP contribution is -2.43. The molecule has 0 unspecified atom stereocenters. The number of nitriles is 1. The van der Waals surface area contributed by atoms with Gasteiger partial charge in [0.15, 0.2) is 0 Å². The van der Waals surface area contributed by atoms with E-state index in [9.17, 15) is 23.2 Å². The third kappa shape index (κ3) is 3.68. The van der Waals surface area contributed by atoms with Gasteiger partial charge in [-0.3, -0.25) is 4.79 Å². The standard InChI is InChI=1S/C24H19BrF3N5O/c1-32-13-30-31-21(32)10-23(8-14(9-23)11-29)15-3-2-4-17(5-15)33-12-19-18(22(33)34)6-16(25)7-20(19)24(26,27)28/h2-7,13-14H,8-10,12H2,1H3/t14-,23-. The summed E-state index contributed by atoms with van der Waals surface area (Å²) in [5, 5.41) is 17.5. The fraction of sp³-hybridized carbons (Fsp3) is 0.333. The fourth-order valence-corrected chi connectivity index (χ4v) is 5.52. The molecule has 174 valence electrons. The average molecular weight is 530 g/mol. The van der Waals surface area contributed by atoms with E-state index in [1.165, 1.54) is 11.0 Å². The fourth-order valence-electron chi connectivity index (χ4n) is 5.07. The monoisotopic (exact) mass is 529 g/mol. The molecule has 34 heavy (non-hydrogen) atoms. The van der Waals surface area contributed by atoms with Gasteiger partial charge in [-0.1, -0.05) is 28.1 Å². The van der Waals surface area contributed by atoms with E-state index in [4.69, 9.17) is 0 Å². The molecule has 1 fully saturated rings. The van der Waals surface area contributed by atoms with Crippen molar-refractivity contribution in [3.8, 4) is 6.07 Å². The van der Waals surface area contributed by atoms with E-state index in [2.05, 4.69) is 32.2 Å². The summed E-state index contributed by atoms with van der Waals surface area (Å²) in [5.74, 6) is 0.233. The summed E-state index contributed by atoms with van der Waals surface area (Å²) in [4.78, 5) is 14.5. The molecule has 1 aliphatic carbocycles. The number of carbonyl (C=O) groups excluding carboxylic acids is 1. The summed E-state index contributed by atoms with van der Waals surface area (Å²) in [5.41, 5.74) is 0.328. The van der Waals surface area contributed by atoms with Crippen molar-refractivity contribution in [2.24, 2.45) is 13.0 Å². The Labute approximate surface area is 202 Å². The van der Waals surface area contributed by atoms with E-state index in [0.29, 0.717) is 24.9 Å². The molecule has 2 aromatic carbocycles. The zero-order valence-electron chi connectivity index (χ0n) is 18.1. The number of hydrogen-bond donors (Lipinski definition) is 0. The highest BCUT2D eigenvalue weighted by atomic mass is 79.9. The van der Waals surface area contributed by atoms with Gasteiger partial charge in [0.2, 0.25) is 0 Å². The molecule has 0 radical (unpaired) electrons. The smallest absolute Gasteiger partial charge is 0.321 e. The lowest BCUT2D eigenvalue weighted by molar-refractivity contribution is -0.138. The van der Waals surface area contributed by atoms with Crippen LogP contribution < -0.4 is 4.90 Å². The molecule has 1 saturated carbocycles. The van der Waals surface area contributed by atoms with Crippen LogP contribution in [0.2, 0.25) is 0 Å². The molecular formula is C24H19BrF3N5O. The first-order valence-electron chi connectivity index (χ1n) is 10.7. The lowest BCUT2D eigenvalue weighted by Gasteiger charge is -2.45. The maximum Gasteiger partial charge on any atom is 0.416 e. The van der Waals surface area contributed by atoms with Crippen LogP contribution in [0.1, 0.15) is 45.7 Å². The summed E-state index contributed by atoms with van der Waals surface area (Å²) >= 11 is 3.10. The number of hydrogen-bond acceptors (Lipinski definition) is 4. The molecule has 6 nitrogen and oxygen atoms in total. The molecule has 1 aromatic heterocycles. The minimum absolute atomic E-state index is 0.0203. The van der Waals surface area contributed by atoms with Crippen LogP contribution in [0.25, 0.3) is 0 Å². The van der Waals surface area contributed by atoms with Crippen LogP contribution in [0.3, 0.4) is 0 Å². The molecule has 3 aromatic rings. The molecular weight excluding hydrogens is 511 g/mol. The molecule has 1 amide bonds. The summed E-state index contributed by atoms with van der Waals surface area (Å²) < 4.78 is 43.0. The quantitative estimate of drug-likeness (QED) is 0.467. The molecule has 5 rings (SSSR count). The third-order valence-electron chi connectivity index (χ3n) is 6.84. The van der Waals surface area contributed by atoms with Crippen molar-refractivity contribution in [1.82, 2.24) is 14.8 Å². The van der Waals surface area contributed by atoms with E-state index in [1.54, 1.807) is 18.5 Å². The van der Waals surface area contributed by atoms with Gasteiger partial charge in [0.1, 0.15) is 12.2 Å². The number of amides is 1. The summed E-state index contributed by atoms with van der Waals surface area (Å²) in [7, 11) is 1.86. The minimum atomic E-state index is -4.57. The highest BCUT2D eigenvalue weighted by Crippen LogP contribution is 2.50. The Hall–Kier alpha value is -3.19. The van der Waals surface area contributed by atoms with Gasteiger partial charge in [0.25, 0.3) is 5.91 Å². The van der Waals surface area contributed by atoms with Crippen molar-refractivity contribution < 1.29 is 18.0 Å². The first-order valence-corrected chi connectivity index (χ1v) is 11.4. The van der Waals surface area contributed by atoms with Crippen LogP contribution in [0.5, 0.6) is 0 Å². The Morgan fingerprint density at radius 2 is 2.03 bits per heavy atom. The number of anilines is 1. The van der Waals surface area contributed by atoms with Gasteiger partial charge in [0, 0.05) is 40.5 Å². The number of alkyl halides is 3. The van der Waals surface area contributed by atoms with E-state index in [-0.39, 0.29) is 33.5 Å². The van der Waals surface area contributed by atoms with E-state index >= 15 is 0 Å². The summed E-state index contributed by atoms with van der Waals surface area (Å²) in [6, 6.07) is 12.1. The number of benzene rings is 2. The second-order valence-corrected chi connectivity index (χ2v) is 9.88. The lowest BCUT2D eigenvalue weighted by atomic mass is 9.57. The number of halogens is 4. The molecule has 2 aliphatic rings. The van der Waals surface area contributed by atoms with Gasteiger partial charge >= 0.3 is 6.18 Å². The number of fused-ring (bicyclic) bond motifs is 1. The number of aromatic nitrogens is 3. The Morgan fingerprint density at radius 3 is 2.68 bits per heavy atom. The van der Waals surface area contributed by atoms with Crippen molar-refractivity contribution in [3.05, 3.63) is 75.3 Å². The van der Waals surface area contributed by atoms with Crippen LogP contribution in [-0.4, -0.2) is 20.7 Å². The SMILES string of the molecule is Cn1cnnc1C[C@]1(c2cccc(N3Cc4c(cc(Br)cc4C(F)(F)F)C3=O)c2)C[C@H](C#N)C1. The highest BCUT2D eigenvalue weighted by Gasteiger charge is 2.47. The maximum absolute atomic E-state index is 13.6. The van der Waals surface area contributed by atoms with Gasteiger partial charge in [-0.05, 0) is 48.2 Å². The van der Waals surface area contributed by atoms with Gasteiger partial charge < -0.3 is 9.47 Å². The van der Waals surface area contributed by atoms with Gasteiger partial charge in [-0.25, -0.2) is 0 Å². The minimum Gasteiger partial charge on any atom is -0.321 e. The molecule has 1 aliphatic heterocycles. The molecule has 0 saturated heterocycles. The predicted octanol–water partition coefficient (Wildman–Crippen LogP) is 5.17. The van der Waals surface area contributed by atoms with E-state index in [1.807, 2.05) is 23.7 Å². The van der Waals surface area contributed by atoms with Crippen LogP contribution in [0.4, 0.5) is 18.9 Å². The second-order valence-electron chi connectivity index (χ2n) is 8.97. The van der Waals surface area contributed by atoms with Crippen molar-refractivity contribution in [2.45, 2.75) is 37.4 Å². The zero-order chi connectivity index (χ0) is 24.3.